The maximum atomic E-state index is 12.7. The molecule has 4 heteroatoms. The Kier molecular flexibility index (Phi) is 9.29. The molecule has 34 heavy (non-hydrogen) atoms. The molecule has 0 spiro atoms. The van der Waals surface area contributed by atoms with Gasteiger partial charge in [-0.25, -0.2) is 4.79 Å². The number of ether oxygens (including phenoxy) is 2. The topological polar surface area (TPSA) is 38.8 Å². The van der Waals surface area contributed by atoms with Crippen LogP contribution < -0.4 is 4.74 Å². The monoisotopic (exact) mass is 459 g/mol. The number of para-hydroxylation sites is 1. The van der Waals surface area contributed by atoms with Crippen LogP contribution in [0.25, 0.3) is 0 Å². The Balaban J connectivity index is 2.03. The molecule has 0 saturated heterocycles. The molecule has 0 saturated carbocycles. The van der Waals surface area contributed by atoms with Crippen molar-refractivity contribution >= 4 is 5.97 Å². The highest BCUT2D eigenvalue weighted by Gasteiger charge is 2.25. The number of hydrogen-bond acceptors (Lipinski definition) is 4. The molecule has 0 amide bonds. The van der Waals surface area contributed by atoms with Gasteiger partial charge in [-0.1, -0.05) is 72.8 Å². The summed E-state index contributed by atoms with van der Waals surface area (Å²) in [5, 5.41) is 0. The number of rotatable bonds is 11. The third-order valence-electron chi connectivity index (χ3n) is 6.26. The van der Waals surface area contributed by atoms with E-state index in [1.807, 2.05) is 42.5 Å². The van der Waals surface area contributed by atoms with Gasteiger partial charge in [0.15, 0.2) is 0 Å². The molecule has 0 aliphatic carbocycles. The molecule has 0 heterocycles. The summed E-state index contributed by atoms with van der Waals surface area (Å²) in [6, 6.07) is 27.2. The summed E-state index contributed by atoms with van der Waals surface area (Å²) >= 11 is 0. The van der Waals surface area contributed by atoms with E-state index in [-0.39, 0.29) is 11.9 Å². The molecule has 0 fully saturated rings. The number of esters is 1. The van der Waals surface area contributed by atoms with Crippen LogP contribution in [-0.2, 0) is 11.3 Å². The molecule has 3 aromatic carbocycles. The molecular weight excluding hydrogens is 422 g/mol. The number of carbonyl (C=O) groups is 1. The minimum atomic E-state index is -0.386. The zero-order valence-electron chi connectivity index (χ0n) is 21.0. The van der Waals surface area contributed by atoms with E-state index < -0.39 is 0 Å². The van der Waals surface area contributed by atoms with Gasteiger partial charge in [0.05, 0.1) is 7.11 Å². The van der Waals surface area contributed by atoms with Gasteiger partial charge in [0.25, 0.3) is 0 Å². The molecule has 3 rings (SSSR count). The predicted octanol–water partition coefficient (Wildman–Crippen LogP) is 6.69. The molecular formula is C30H37NO3. The molecule has 0 radical (unpaired) electrons. The maximum absolute atomic E-state index is 12.7. The van der Waals surface area contributed by atoms with Gasteiger partial charge < -0.3 is 9.47 Å². The van der Waals surface area contributed by atoms with Crippen LogP contribution in [0.5, 0.6) is 5.75 Å². The largest absolute Gasteiger partial charge is 0.488 e. The van der Waals surface area contributed by atoms with Crippen molar-refractivity contribution in [3.63, 3.8) is 0 Å². The van der Waals surface area contributed by atoms with Crippen molar-refractivity contribution in [2.24, 2.45) is 0 Å². The van der Waals surface area contributed by atoms with E-state index in [4.69, 9.17) is 9.47 Å². The highest BCUT2D eigenvalue weighted by molar-refractivity contribution is 5.93. The van der Waals surface area contributed by atoms with Gasteiger partial charge in [0.1, 0.15) is 17.9 Å². The third-order valence-corrected chi connectivity index (χ3v) is 6.26. The van der Waals surface area contributed by atoms with Crippen LogP contribution >= 0.6 is 0 Å². The van der Waals surface area contributed by atoms with Crippen molar-refractivity contribution in [1.29, 1.82) is 0 Å². The highest BCUT2D eigenvalue weighted by atomic mass is 16.5. The van der Waals surface area contributed by atoms with Crippen molar-refractivity contribution in [2.45, 2.75) is 58.7 Å². The molecule has 4 nitrogen and oxygen atoms in total. The van der Waals surface area contributed by atoms with Crippen LogP contribution in [0.2, 0.25) is 0 Å². The third kappa shape index (κ3) is 6.48. The number of hydrogen-bond donors (Lipinski definition) is 0. The van der Waals surface area contributed by atoms with E-state index in [2.05, 4.69) is 62.9 Å². The number of methoxy groups -OCH3 is 1. The average Bonchev–Trinajstić information content (AvgIpc) is 2.85. The van der Waals surface area contributed by atoms with E-state index in [1.165, 1.54) is 12.7 Å². The van der Waals surface area contributed by atoms with Gasteiger partial charge in [-0.2, -0.15) is 0 Å². The summed E-state index contributed by atoms with van der Waals surface area (Å²) in [6.45, 7) is 10.3. The Hall–Kier alpha value is -3.11. The molecule has 180 valence electrons. The first-order valence-electron chi connectivity index (χ1n) is 12.1. The first kappa shape index (κ1) is 25.5. The van der Waals surface area contributed by atoms with E-state index in [1.54, 1.807) is 6.07 Å². The molecule has 1 atom stereocenters. The van der Waals surface area contributed by atoms with E-state index in [9.17, 15) is 4.79 Å². The van der Waals surface area contributed by atoms with Crippen LogP contribution in [0.4, 0.5) is 0 Å². The molecule has 0 N–H and O–H groups in total. The number of benzene rings is 3. The summed E-state index contributed by atoms with van der Waals surface area (Å²) in [5.41, 5.74) is 3.73. The summed E-state index contributed by atoms with van der Waals surface area (Å²) in [5.74, 6) is 0.298. The van der Waals surface area contributed by atoms with Crippen molar-refractivity contribution in [3.8, 4) is 5.75 Å². The minimum Gasteiger partial charge on any atom is -0.488 e. The highest BCUT2D eigenvalue weighted by Crippen LogP contribution is 2.38. The smallest absolute Gasteiger partial charge is 0.341 e. The Bertz CT molecular complexity index is 1020. The first-order valence-corrected chi connectivity index (χ1v) is 12.1. The van der Waals surface area contributed by atoms with Crippen molar-refractivity contribution in [1.82, 2.24) is 4.90 Å². The SMILES string of the molecule is COC(=O)c1cccc(C(CCN(C(C)C)C(C)C)c2ccccc2)c1OCc1ccccc1. The zero-order valence-corrected chi connectivity index (χ0v) is 21.0. The second kappa shape index (κ2) is 12.4. The summed E-state index contributed by atoms with van der Waals surface area (Å²) in [6.07, 6.45) is 0.909. The fourth-order valence-electron chi connectivity index (χ4n) is 4.57. The Morgan fingerprint density at radius 1 is 0.824 bits per heavy atom. The quantitative estimate of drug-likeness (QED) is 0.299. The summed E-state index contributed by atoms with van der Waals surface area (Å²) in [4.78, 5) is 15.2. The normalized spacial score (nSPS) is 12.2. The van der Waals surface area contributed by atoms with Gasteiger partial charge >= 0.3 is 5.97 Å². The lowest BCUT2D eigenvalue weighted by Crippen LogP contribution is -2.38. The Labute approximate surface area is 204 Å². The molecule has 3 aromatic rings. The fraction of sp³-hybridized carbons (Fsp3) is 0.367. The number of carbonyl (C=O) groups excluding carboxylic acids is 1. The van der Waals surface area contributed by atoms with Gasteiger partial charge in [-0.15, -0.1) is 0 Å². The molecule has 0 aliphatic rings. The second-order valence-electron chi connectivity index (χ2n) is 9.17. The lowest BCUT2D eigenvalue weighted by atomic mass is 9.86. The maximum Gasteiger partial charge on any atom is 0.341 e. The van der Waals surface area contributed by atoms with Crippen LogP contribution in [0.3, 0.4) is 0 Å². The molecule has 0 aromatic heterocycles. The lowest BCUT2D eigenvalue weighted by Gasteiger charge is -2.32. The fourth-order valence-corrected chi connectivity index (χ4v) is 4.57. The molecule has 1 unspecified atom stereocenters. The predicted molar refractivity (Wildman–Crippen MR) is 138 cm³/mol. The van der Waals surface area contributed by atoms with Gasteiger partial charge in [0.2, 0.25) is 0 Å². The summed E-state index contributed by atoms with van der Waals surface area (Å²) in [7, 11) is 1.41. The molecule has 0 aliphatic heterocycles. The Morgan fingerprint density at radius 3 is 2.03 bits per heavy atom. The van der Waals surface area contributed by atoms with Gasteiger partial charge in [0, 0.05) is 23.6 Å². The van der Waals surface area contributed by atoms with Crippen LogP contribution in [-0.4, -0.2) is 36.6 Å². The molecule has 0 bridgehead atoms. The minimum absolute atomic E-state index is 0.0802. The average molecular weight is 460 g/mol. The van der Waals surface area contributed by atoms with Crippen LogP contribution in [0.1, 0.15) is 67.1 Å². The second-order valence-corrected chi connectivity index (χ2v) is 9.17. The van der Waals surface area contributed by atoms with Gasteiger partial charge in [-0.05, 0) is 57.9 Å². The van der Waals surface area contributed by atoms with Crippen molar-refractivity contribution < 1.29 is 14.3 Å². The van der Waals surface area contributed by atoms with Crippen LogP contribution in [0.15, 0.2) is 78.9 Å². The van der Waals surface area contributed by atoms with E-state index in [0.29, 0.717) is 30.0 Å². The van der Waals surface area contributed by atoms with E-state index >= 15 is 0 Å². The lowest BCUT2D eigenvalue weighted by molar-refractivity contribution is 0.0595. The van der Waals surface area contributed by atoms with Crippen LogP contribution in [0, 0.1) is 0 Å². The van der Waals surface area contributed by atoms with E-state index in [0.717, 1.165) is 24.1 Å². The zero-order chi connectivity index (χ0) is 24.5. The Morgan fingerprint density at radius 2 is 1.44 bits per heavy atom. The van der Waals surface area contributed by atoms with Crippen molar-refractivity contribution in [3.05, 3.63) is 101 Å². The standard InChI is InChI=1S/C30H37NO3/c1-22(2)31(23(3)4)20-19-26(25-15-10-7-11-16-25)27-17-12-18-28(30(32)33-5)29(27)34-21-24-13-8-6-9-14-24/h6-18,22-23,26H,19-21H2,1-5H3. The number of nitrogens with zero attached hydrogens (tertiary/aromatic N) is 1. The van der Waals surface area contributed by atoms with Crippen molar-refractivity contribution in [2.75, 3.05) is 13.7 Å². The first-order chi connectivity index (χ1) is 16.4. The van der Waals surface area contributed by atoms with Gasteiger partial charge in [-0.3, -0.25) is 4.90 Å². The summed E-state index contributed by atoms with van der Waals surface area (Å²) < 4.78 is 11.5.